The lowest BCUT2D eigenvalue weighted by Gasteiger charge is -2.01. The van der Waals surface area contributed by atoms with Gasteiger partial charge in [0, 0.05) is 7.05 Å². The van der Waals surface area contributed by atoms with Crippen LogP contribution in [0.1, 0.15) is 16.3 Å². The minimum absolute atomic E-state index is 0.301. The van der Waals surface area contributed by atoms with Gasteiger partial charge in [-0.1, -0.05) is 16.8 Å². The molecule has 0 saturated carbocycles. The average Bonchev–Trinajstić information content (AvgIpc) is 2.80. The highest BCUT2D eigenvalue weighted by Crippen LogP contribution is 2.09. The summed E-state index contributed by atoms with van der Waals surface area (Å²) in [5, 5.41) is 7.97. The fraction of sp³-hybridized carbons (Fsp3) is 0.250. The van der Waals surface area contributed by atoms with E-state index in [-0.39, 0.29) is 0 Å². The van der Waals surface area contributed by atoms with Gasteiger partial charge in [0.25, 0.3) is 0 Å². The van der Waals surface area contributed by atoms with Gasteiger partial charge in [-0.25, -0.2) is 9.67 Å². The van der Waals surface area contributed by atoms with Crippen molar-refractivity contribution in [1.29, 1.82) is 0 Å². The van der Waals surface area contributed by atoms with Gasteiger partial charge in [0.15, 0.2) is 6.29 Å². The molecule has 0 amide bonds. The van der Waals surface area contributed by atoms with Crippen LogP contribution in [0.15, 0.2) is 12.4 Å². The molecule has 6 nitrogen and oxygen atoms in total. The van der Waals surface area contributed by atoms with Gasteiger partial charge in [-0.3, -0.25) is 4.79 Å². The van der Waals surface area contributed by atoms with Crippen LogP contribution in [-0.2, 0) is 13.6 Å². The molecular formula is C8H8ClN5O. The first kappa shape index (κ1) is 9.85. The van der Waals surface area contributed by atoms with Crippen molar-refractivity contribution in [2.45, 2.75) is 6.54 Å². The molecule has 0 unspecified atom stereocenters. The minimum atomic E-state index is 0.301. The molecule has 0 saturated heterocycles. The van der Waals surface area contributed by atoms with E-state index in [1.807, 2.05) is 7.05 Å². The van der Waals surface area contributed by atoms with Crippen LogP contribution in [0.25, 0.3) is 0 Å². The first-order valence-corrected chi connectivity index (χ1v) is 4.60. The lowest BCUT2D eigenvalue weighted by Crippen LogP contribution is -2.06. The Hall–Kier alpha value is -1.69. The van der Waals surface area contributed by atoms with Crippen molar-refractivity contribution < 1.29 is 4.79 Å². The third-order valence-electron chi connectivity index (χ3n) is 2.01. The SMILES string of the molecule is Cn1c(Cl)cnc1Cn1cc(C=O)nn1. The van der Waals surface area contributed by atoms with Crippen LogP contribution in [0, 0.1) is 0 Å². The van der Waals surface area contributed by atoms with Crippen molar-refractivity contribution in [2.24, 2.45) is 7.05 Å². The third-order valence-corrected chi connectivity index (χ3v) is 2.36. The zero-order chi connectivity index (χ0) is 10.8. The van der Waals surface area contributed by atoms with E-state index < -0.39 is 0 Å². The second-order valence-electron chi connectivity index (χ2n) is 3.02. The maximum atomic E-state index is 10.4. The summed E-state index contributed by atoms with van der Waals surface area (Å²) < 4.78 is 3.27. The Kier molecular flexibility index (Phi) is 2.51. The Morgan fingerprint density at radius 1 is 1.60 bits per heavy atom. The van der Waals surface area contributed by atoms with Gasteiger partial charge in [-0.2, -0.15) is 0 Å². The first-order chi connectivity index (χ1) is 7.20. The van der Waals surface area contributed by atoms with E-state index in [0.29, 0.717) is 23.7 Å². The van der Waals surface area contributed by atoms with E-state index in [4.69, 9.17) is 11.6 Å². The molecule has 2 rings (SSSR count). The van der Waals surface area contributed by atoms with Crippen LogP contribution >= 0.6 is 11.6 Å². The van der Waals surface area contributed by atoms with E-state index in [2.05, 4.69) is 15.3 Å². The summed E-state index contributed by atoms with van der Waals surface area (Å²) in [6, 6.07) is 0. The fourth-order valence-electron chi connectivity index (χ4n) is 1.16. The molecule has 0 aromatic carbocycles. The summed E-state index contributed by atoms with van der Waals surface area (Å²) in [4.78, 5) is 14.5. The minimum Gasteiger partial charge on any atom is -0.321 e. The van der Waals surface area contributed by atoms with Gasteiger partial charge in [0.2, 0.25) is 0 Å². The molecule has 2 aromatic heterocycles. The number of hydrogen-bond donors (Lipinski definition) is 0. The number of carbonyl (C=O) groups is 1. The van der Waals surface area contributed by atoms with Crippen LogP contribution in [0.2, 0.25) is 5.15 Å². The number of aromatic nitrogens is 5. The van der Waals surface area contributed by atoms with Gasteiger partial charge < -0.3 is 4.57 Å². The normalized spacial score (nSPS) is 10.5. The monoisotopic (exact) mass is 225 g/mol. The van der Waals surface area contributed by atoms with E-state index in [9.17, 15) is 4.79 Å². The molecule has 0 atom stereocenters. The lowest BCUT2D eigenvalue weighted by molar-refractivity contribution is 0.111. The van der Waals surface area contributed by atoms with Gasteiger partial charge in [0.1, 0.15) is 23.2 Å². The Morgan fingerprint density at radius 2 is 2.40 bits per heavy atom. The molecule has 0 spiro atoms. The molecule has 0 N–H and O–H groups in total. The summed E-state index contributed by atoms with van der Waals surface area (Å²) in [5.41, 5.74) is 0.301. The molecule has 2 aromatic rings. The zero-order valence-corrected chi connectivity index (χ0v) is 8.72. The summed E-state index contributed by atoms with van der Waals surface area (Å²) in [6.45, 7) is 0.435. The van der Waals surface area contributed by atoms with E-state index in [0.717, 1.165) is 5.82 Å². The number of imidazole rings is 1. The second kappa shape index (κ2) is 3.82. The van der Waals surface area contributed by atoms with Crippen molar-refractivity contribution in [2.75, 3.05) is 0 Å². The Morgan fingerprint density at radius 3 is 2.93 bits per heavy atom. The van der Waals surface area contributed by atoms with Crippen LogP contribution in [-0.4, -0.2) is 30.8 Å². The Bertz CT molecular complexity index is 489. The summed E-state index contributed by atoms with van der Waals surface area (Å²) in [6.07, 6.45) is 3.76. The maximum absolute atomic E-state index is 10.4. The predicted octanol–water partition coefficient (Wildman–Crippen LogP) is 0.526. The maximum Gasteiger partial charge on any atom is 0.171 e. The highest BCUT2D eigenvalue weighted by Gasteiger charge is 2.06. The van der Waals surface area contributed by atoms with Crippen molar-refractivity contribution in [1.82, 2.24) is 24.5 Å². The van der Waals surface area contributed by atoms with Crippen LogP contribution in [0.4, 0.5) is 0 Å². The smallest absolute Gasteiger partial charge is 0.171 e. The van der Waals surface area contributed by atoms with Crippen LogP contribution < -0.4 is 0 Å². The van der Waals surface area contributed by atoms with Gasteiger partial charge in [-0.15, -0.1) is 5.10 Å². The van der Waals surface area contributed by atoms with Gasteiger partial charge >= 0.3 is 0 Å². The fourth-order valence-corrected chi connectivity index (χ4v) is 1.31. The topological polar surface area (TPSA) is 65.6 Å². The van der Waals surface area contributed by atoms with Crippen molar-refractivity contribution in [3.63, 3.8) is 0 Å². The summed E-state index contributed by atoms with van der Waals surface area (Å²) in [5.74, 6) is 0.752. The summed E-state index contributed by atoms with van der Waals surface area (Å²) in [7, 11) is 1.81. The van der Waals surface area contributed by atoms with Gasteiger partial charge in [0.05, 0.1) is 12.4 Å². The quantitative estimate of drug-likeness (QED) is 0.715. The molecule has 0 aliphatic rings. The lowest BCUT2D eigenvalue weighted by atomic mass is 10.5. The summed E-state index contributed by atoms with van der Waals surface area (Å²) >= 11 is 5.83. The zero-order valence-electron chi connectivity index (χ0n) is 7.96. The van der Waals surface area contributed by atoms with Gasteiger partial charge in [-0.05, 0) is 0 Å². The predicted molar refractivity (Wildman–Crippen MR) is 52.7 cm³/mol. The van der Waals surface area contributed by atoms with Crippen LogP contribution in [0.3, 0.4) is 0 Å². The molecule has 0 aliphatic heterocycles. The largest absolute Gasteiger partial charge is 0.321 e. The molecule has 0 aliphatic carbocycles. The van der Waals surface area contributed by atoms with Crippen LogP contribution in [0.5, 0.6) is 0 Å². The molecule has 15 heavy (non-hydrogen) atoms. The number of hydrogen-bond acceptors (Lipinski definition) is 4. The molecule has 2 heterocycles. The molecule has 0 fully saturated rings. The molecule has 0 radical (unpaired) electrons. The molecule has 7 heteroatoms. The molecule has 0 bridgehead atoms. The Balaban J connectivity index is 2.21. The molecule has 78 valence electrons. The van der Waals surface area contributed by atoms with Crippen molar-refractivity contribution >= 4 is 17.9 Å². The average molecular weight is 226 g/mol. The second-order valence-corrected chi connectivity index (χ2v) is 3.40. The highest BCUT2D eigenvalue weighted by atomic mass is 35.5. The third kappa shape index (κ3) is 1.89. The number of nitrogens with zero attached hydrogens (tertiary/aromatic N) is 5. The Labute approximate surface area is 90.5 Å². The molecular weight excluding hydrogens is 218 g/mol. The number of halogens is 1. The number of aldehydes is 1. The van der Waals surface area contributed by atoms with E-state index in [1.54, 1.807) is 17.0 Å². The number of carbonyl (C=O) groups excluding carboxylic acids is 1. The first-order valence-electron chi connectivity index (χ1n) is 4.22. The van der Waals surface area contributed by atoms with E-state index >= 15 is 0 Å². The highest BCUT2D eigenvalue weighted by molar-refractivity contribution is 6.29. The van der Waals surface area contributed by atoms with Crippen molar-refractivity contribution in [3.8, 4) is 0 Å². The standard InChI is InChI=1S/C8H8ClN5O/c1-13-7(9)2-10-8(13)4-14-3-6(5-15)11-12-14/h2-3,5H,4H2,1H3. The van der Waals surface area contributed by atoms with Crippen molar-refractivity contribution in [3.05, 3.63) is 29.1 Å². The van der Waals surface area contributed by atoms with E-state index in [1.165, 1.54) is 4.68 Å². The number of rotatable bonds is 3.